The number of benzene rings is 3. The smallest absolute Gasteiger partial charge is 0.413 e. The maximum Gasteiger partial charge on any atom is 0.413 e. The number of carbonyl (C=O) groups excluding carboxylic acids is 3. The number of amides is 4. The van der Waals surface area contributed by atoms with Gasteiger partial charge in [-0.05, 0) is 205 Å². The normalized spacial score (nSPS) is 12.5. The second-order valence-electron chi connectivity index (χ2n) is 25.4. The van der Waals surface area contributed by atoms with E-state index in [-0.39, 0.29) is 60.0 Å². The molecule has 13 rings (SSSR count). The number of aryl methyl sites for hydroxylation is 3. The van der Waals surface area contributed by atoms with Crippen LogP contribution in [0.4, 0.5) is 32.2 Å². The molecular formula is C78H86N16O11. The van der Waals surface area contributed by atoms with Gasteiger partial charge in [-0.2, -0.15) is 0 Å². The molecular weight excluding hydrogens is 1340 g/mol. The Bertz CT molecular complexity index is 5240. The Kier molecular flexibility index (Phi) is 24.3. The second kappa shape index (κ2) is 34.4. The van der Waals surface area contributed by atoms with E-state index in [0.29, 0.717) is 72.3 Å². The molecule has 1 saturated heterocycles. The molecule has 0 bridgehead atoms. The van der Waals surface area contributed by atoms with Crippen molar-refractivity contribution in [1.82, 2.24) is 63.9 Å². The van der Waals surface area contributed by atoms with E-state index in [2.05, 4.69) is 66.1 Å². The van der Waals surface area contributed by atoms with Crippen molar-refractivity contribution in [2.75, 3.05) is 69.2 Å². The van der Waals surface area contributed by atoms with Gasteiger partial charge in [0.1, 0.15) is 0 Å². The summed E-state index contributed by atoms with van der Waals surface area (Å²) in [6, 6.07) is 39.2. The maximum atomic E-state index is 13.2. The van der Waals surface area contributed by atoms with Crippen molar-refractivity contribution in [1.29, 1.82) is 0 Å². The van der Waals surface area contributed by atoms with E-state index in [4.69, 9.17) is 23.7 Å². The molecule has 0 aliphatic carbocycles. The molecule has 544 valence electrons. The molecule has 1 unspecified atom stereocenters. The lowest BCUT2D eigenvalue weighted by atomic mass is 9.98. The fourth-order valence-electron chi connectivity index (χ4n) is 12.7. The number of ether oxygens (including phenoxy) is 5. The number of carbonyl (C=O) groups is 3. The third-order valence-corrected chi connectivity index (χ3v) is 17.5. The van der Waals surface area contributed by atoms with Crippen molar-refractivity contribution < 1.29 is 38.1 Å². The number of rotatable bonds is 21. The van der Waals surface area contributed by atoms with Crippen molar-refractivity contribution in [3.05, 3.63) is 194 Å². The van der Waals surface area contributed by atoms with E-state index in [9.17, 15) is 28.8 Å². The summed E-state index contributed by atoms with van der Waals surface area (Å²) in [6.45, 7) is 21.6. The standard InChI is InChI=1S/C27H29N5O4.C26H29N5O4.C25H28N6O3/c1-3-36-27(34)31-26-29-23-14-20(13-21(25(23)30-26)22-6-4-5-9-28-22)19-12-17(2)32(24(33)15-19)16-18-7-10-35-11-8-18;1-5-34-26(33)30-25-28-22-14-19(13-20(24(22)29-25)21-8-6-7-9-27-21)18-12-17(4)31(23(32)15-18)10-11-35-16(2)3;1-5-26-25(33)30-24-28-21-12-18(11-19(23(21)29-24)20-8-6-7-9-27-20)17-10-15(2)31(22(32)13-17)16(3)14-34-4/h4-6,9,12-15,18H,3,7-8,10-11,16H2,1-2H3,(H2,29,30,31,34);6-9,12-16H,5,10-11H2,1-4H3,(H2,28,29,30,33);6-13,16H,5,14H2,1-4H3,(H3,26,28,29,30,33). The number of H-pyrrole nitrogens is 3. The average molecular weight is 1420 g/mol. The first kappa shape index (κ1) is 74.3. The first-order chi connectivity index (χ1) is 50.8. The highest BCUT2D eigenvalue weighted by Crippen LogP contribution is 2.37. The van der Waals surface area contributed by atoms with Gasteiger partial charge in [-0.15, -0.1) is 0 Å². The summed E-state index contributed by atoms with van der Waals surface area (Å²) in [4.78, 5) is 112. The zero-order valence-electron chi connectivity index (χ0n) is 60.4. The van der Waals surface area contributed by atoms with Crippen LogP contribution in [0, 0.1) is 26.7 Å². The van der Waals surface area contributed by atoms with Crippen LogP contribution < -0.4 is 37.9 Å². The van der Waals surface area contributed by atoms with E-state index in [1.54, 1.807) is 66.9 Å². The molecule has 0 radical (unpaired) electrons. The number of hydrogen-bond acceptors (Lipinski definition) is 17. The highest BCUT2D eigenvalue weighted by Gasteiger charge is 2.22. The zero-order valence-corrected chi connectivity index (χ0v) is 60.4. The van der Waals surface area contributed by atoms with Gasteiger partial charge >= 0.3 is 18.2 Å². The highest BCUT2D eigenvalue weighted by atomic mass is 16.6. The van der Waals surface area contributed by atoms with Gasteiger partial charge in [-0.25, -0.2) is 29.3 Å². The Balaban J connectivity index is 0.000000158. The largest absolute Gasteiger partial charge is 0.450 e. The minimum atomic E-state index is -0.591. The minimum Gasteiger partial charge on any atom is -0.450 e. The van der Waals surface area contributed by atoms with Crippen molar-refractivity contribution in [2.24, 2.45) is 5.92 Å². The van der Waals surface area contributed by atoms with Crippen LogP contribution in [-0.2, 0) is 36.8 Å². The van der Waals surface area contributed by atoms with Crippen molar-refractivity contribution >= 4 is 69.2 Å². The summed E-state index contributed by atoms with van der Waals surface area (Å²) in [5.74, 6) is 1.32. The summed E-state index contributed by atoms with van der Waals surface area (Å²) < 4.78 is 31.5. The summed E-state index contributed by atoms with van der Waals surface area (Å²) in [5, 5.41) is 10.6. The Morgan fingerprint density at radius 3 is 1.35 bits per heavy atom. The summed E-state index contributed by atoms with van der Waals surface area (Å²) in [6.07, 6.45) is 6.03. The van der Waals surface area contributed by atoms with Crippen LogP contribution in [0.15, 0.2) is 160 Å². The van der Waals surface area contributed by atoms with Crippen LogP contribution in [0.1, 0.15) is 77.5 Å². The Hall–Kier alpha value is -11.9. The summed E-state index contributed by atoms with van der Waals surface area (Å²) in [5.41, 5.74) is 16.0. The fourth-order valence-corrected chi connectivity index (χ4v) is 12.7. The molecule has 1 atom stereocenters. The molecule has 27 heteroatoms. The van der Waals surface area contributed by atoms with E-state index >= 15 is 0 Å². The number of hydrogen-bond donors (Lipinski definition) is 7. The molecule has 1 aliphatic rings. The van der Waals surface area contributed by atoms with Crippen LogP contribution in [0.2, 0.25) is 0 Å². The Morgan fingerprint density at radius 1 is 0.543 bits per heavy atom. The second-order valence-corrected chi connectivity index (χ2v) is 25.4. The van der Waals surface area contributed by atoms with Crippen molar-refractivity contribution in [3.63, 3.8) is 0 Å². The van der Waals surface area contributed by atoms with Gasteiger partial charge in [-0.1, -0.05) is 18.2 Å². The van der Waals surface area contributed by atoms with Gasteiger partial charge < -0.3 is 57.7 Å². The number of methoxy groups -OCH3 is 1. The molecule has 4 amide bonds. The molecule has 1 fully saturated rings. The minimum absolute atomic E-state index is 0.0229. The average Bonchev–Trinajstić information content (AvgIpc) is 1.71. The van der Waals surface area contributed by atoms with Gasteiger partial charge in [0.25, 0.3) is 16.7 Å². The quantitative estimate of drug-likeness (QED) is 0.0351. The van der Waals surface area contributed by atoms with E-state index < -0.39 is 12.2 Å². The first-order valence-electron chi connectivity index (χ1n) is 34.9. The third kappa shape index (κ3) is 18.3. The zero-order chi connectivity index (χ0) is 74.3. The molecule has 1 aliphatic heterocycles. The molecule has 105 heavy (non-hydrogen) atoms. The first-order valence-corrected chi connectivity index (χ1v) is 34.9. The molecule has 9 aromatic heterocycles. The molecule has 0 spiro atoms. The lowest BCUT2D eigenvalue weighted by Gasteiger charge is -2.24. The van der Waals surface area contributed by atoms with Crippen molar-refractivity contribution in [2.45, 2.75) is 100 Å². The number of aromatic nitrogens is 12. The number of nitrogens with one attached hydrogen (secondary N) is 7. The Morgan fingerprint density at radius 2 is 0.962 bits per heavy atom. The predicted octanol–water partition coefficient (Wildman–Crippen LogP) is 13.6. The number of aromatic amines is 3. The molecule has 7 N–H and O–H groups in total. The van der Waals surface area contributed by atoms with E-state index in [1.165, 1.54) is 0 Å². The number of urea groups is 1. The highest BCUT2D eigenvalue weighted by molar-refractivity contribution is 6.00. The summed E-state index contributed by atoms with van der Waals surface area (Å²) >= 11 is 0. The van der Waals surface area contributed by atoms with E-state index in [1.807, 2.05) is 162 Å². The number of nitrogens with zero attached hydrogens (tertiary/aromatic N) is 9. The molecule has 0 saturated carbocycles. The van der Waals surface area contributed by atoms with Crippen LogP contribution in [0.5, 0.6) is 0 Å². The number of imidazole rings is 3. The van der Waals surface area contributed by atoms with Crippen molar-refractivity contribution in [3.8, 4) is 67.2 Å². The third-order valence-electron chi connectivity index (χ3n) is 17.5. The van der Waals surface area contributed by atoms with Gasteiger partial charge in [0.2, 0.25) is 17.8 Å². The van der Waals surface area contributed by atoms with E-state index in [0.717, 1.165) is 116 Å². The molecule has 10 heterocycles. The van der Waals surface area contributed by atoms with Gasteiger partial charge in [0, 0.05) is 111 Å². The fraction of sp³-hybridized carbons (Fsp3) is 0.308. The lowest BCUT2D eigenvalue weighted by molar-refractivity contribution is 0.0607. The monoisotopic (exact) mass is 1420 g/mol. The Labute approximate surface area is 605 Å². The van der Waals surface area contributed by atoms with Crippen LogP contribution in [0.3, 0.4) is 0 Å². The van der Waals surface area contributed by atoms with Gasteiger partial charge in [0.05, 0.1) is 88.8 Å². The maximum absolute atomic E-state index is 13.2. The molecule has 27 nitrogen and oxygen atoms in total. The number of anilines is 3. The van der Waals surface area contributed by atoms with Gasteiger partial charge in [0.15, 0.2) is 0 Å². The SMILES string of the molecule is CCNC(=O)Nc1nc2c(-c3ccccn3)cc(-c3cc(C)n(C(C)COC)c(=O)c3)cc2[nH]1.CCOC(=O)Nc1nc2c(-c3ccccn3)cc(-c3cc(C)n(CC4CCOCC4)c(=O)c3)cc2[nH]1.CCOC(=O)Nc1nc2c(-c3ccccn3)cc(-c3cc(C)n(CCOC(C)C)c(=O)c3)cc2[nH]1. The summed E-state index contributed by atoms with van der Waals surface area (Å²) in [7, 11) is 1.62. The number of fused-ring (bicyclic) bond motifs is 3. The van der Waals surface area contributed by atoms with Gasteiger partial charge in [-0.3, -0.25) is 45.3 Å². The van der Waals surface area contributed by atoms with Crippen LogP contribution >= 0.6 is 0 Å². The topological polar surface area (TPSA) is 336 Å². The van der Waals surface area contributed by atoms with Crippen LogP contribution in [0.25, 0.3) is 100 Å². The molecule has 3 aromatic carbocycles. The molecule has 12 aromatic rings. The number of pyridine rings is 6. The lowest BCUT2D eigenvalue weighted by Crippen LogP contribution is -2.28. The predicted molar refractivity (Wildman–Crippen MR) is 406 cm³/mol. The van der Waals surface area contributed by atoms with Crippen LogP contribution in [-0.4, -0.2) is 136 Å².